The van der Waals surface area contributed by atoms with E-state index in [1.165, 1.54) is 0 Å². The lowest BCUT2D eigenvalue weighted by atomic mass is 9.81. The second kappa shape index (κ2) is 3.18. The number of hydroxylamine groups is 1. The fraction of sp³-hybridized carbons (Fsp3) is 1.00. The van der Waals surface area contributed by atoms with Crippen molar-refractivity contribution in [2.45, 2.75) is 27.7 Å². The minimum atomic E-state index is 0.189. The van der Waals surface area contributed by atoms with Gasteiger partial charge < -0.3 is 5.21 Å². The van der Waals surface area contributed by atoms with Crippen LogP contribution in [0.25, 0.3) is 0 Å². The van der Waals surface area contributed by atoms with Gasteiger partial charge in [-0.25, -0.2) is 5.48 Å². The van der Waals surface area contributed by atoms with E-state index in [1.54, 1.807) is 0 Å². The fourth-order valence-electron chi connectivity index (χ4n) is 0.408. The molecule has 0 heterocycles. The summed E-state index contributed by atoms with van der Waals surface area (Å²) in [5.41, 5.74) is 2.38. The fourth-order valence-corrected chi connectivity index (χ4v) is 0.408. The lowest BCUT2D eigenvalue weighted by Gasteiger charge is -2.27. The molecule has 0 saturated carbocycles. The van der Waals surface area contributed by atoms with Crippen molar-refractivity contribution in [3.05, 3.63) is 0 Å². The maximum Gasteiger partial charge on any atom is 0.0261 e. The van der Waals surface area contributed by atoms with E-state index < -0.39 is 0 Å². The summed E-state index contributed by atoms with van der Waals surface area (Å²) >= 11 is 0. The van der Waals surface area contributed by atoms with Crippen LogP contribution in [-0.4, -0.2) is 11.8 Å². The number of hydrogen-bond donors (Lipinski definition) is 2. The molecule has 0 aliphatic carbocycles. The van der Waals surface area contributed by atoms with Gasteiger partial charge in [0.25, 0.3) is 0 Å². The van der Waals surface area contributed by atoms with Crippen LogP contribution >= 0.6 is 0 Å². The first-order chi connectivity index (χ1) is 4.00. The van der Waals surface area contributed by atoms with Crippen molar-refractivity contribution in [1.29, 1.82) is 0 Å². The summed E-state index contributed by atoms with van der Waals surface area (Å²) in [6, 6.07) is 0. The number of rotatable bonds is 3. The topological polar surface area (TPSA) is 32.3 Å². The summed E-state index contributed by atoms with van der Waals surface area (Å²) in [5, 5.41) is 8.40. The zero-order chi connectivity index (χ0) is 7.49. The van der Waals surface area contributed by atoms with Crippen LogP contribution in [0.5, 0.6) is 0 Å². The van der Waals surface area contributed by atoms with E-state index in [4.69, 9.17) is 5.21 Å². The zero-order valence-electron chi connectivity index (χ0n) is 6.73. The second-order valence-electron chi connectivity index (χ2n) is 3.48. The van der Waals surface area contributed by atoms with Crippen molar-refractivity contribution >= 4 is 0 Å². The molecular formula is C7H17NO. The Morgan fingerprint density at radius 1 is 1.44 bits per heavy atom. The Morgan fingerprint density at radius 2 is 1.89 bits per heavy atom. The van der Waals surface area contributed by atoms with Gasteiger partial charge in [-0.2, -0.15) is 0 Å². The van der Waals surface area contributed by atoms with E-state index in [2.05, 4.69) is 33.2 Å². The van der Waals surface area contributed by atoms with E-state index in [0.29, 0.717) is 12.5 Å². The molecule has 0 atom stereocenters. The molecule has 0 amide bonds. The highest BCUT2D eigenvalue weighted by atomic mass is 16.5. The van der Waals surface area contributed by atoms with Crippen LogP contribution in [0.4, 0.5) is 0 Å². The van der Waals surface area contributed by atoms with E-state index in [1.807, 2.05) is 0 Å². The molecule has 0 spiro atoms. The Hall–Kier alpha value is -0.0800. The molecular weight excluding hydrogens is 114 g/mol. The van der Waals surface area contributed by atoms with Gasteiger partial charge in [0.1, 0.15) is 0 Å². The number of hydrogen-bond acceptors (Lipinski definition) is 2. The van der Waals surface area contributed by atoms with E-state index in [0.717, 1.165) is 0 Å². The molecule has 0 aliphatic rings. The molecule has 2 heteroatoms. The smallest absolute Gasteiger partial charge is 0.0261 e. The van der Waals surface area contributed by atoms with Gasteiger partial charge in [0.05, 0.1) is 0 Å². The molecule has 0 aromatic carbocycles. The molecule has 9 heavy (non-hydrogen) atoms. The highest BCUT2D eigenvalue weighted by molar-refractivity contribution is 4.72. The predicted octanol–water partition coefficient (Wildman–Crippen LogP) is 1.65. The predicted molar refractivity (Wildman–Crippen MR) is 38.4 cm³/mol. The zero-order valence-corrected chi connectivity index (χ0v) is 6.73. The SMILES string of the molecule is CC(C)C(C)(C)CNO. The highest BCUT2D eigenvalue weighted by Gasteiger charge is 2.20. The molecule has 0 rings (SSSR count). The molecule has 0 aromatic heterocycles. The van der Waals surface area contributed by atoms with Crippen molar-refractivity contribution in [1.82, 2.24) is 5.48 Å². The van der Waals surface area contributed by atoms with Gasteiger partial charge in [-0.05, 0) is 11.3 Å². The van der Waals surface area contributed by atoms with Gasteiger partial charge in [0, 0.05) is 6.54 Å². The van der Waals surface area contributed by atoms with Crippen LogP contribution in [0.1, 0.15) is 27.7 Å². The number of nitrogens with one attached hydrogen (secondary N) is 1. The van der Waals surface area contributed by atoms with Gasteiger partial charge in [0.15, 0.2) is 0 Å². The third kappa shape index (κ3) is 2.82. The molecule has 0 radical (unpaired) electrons. The van der Waals surface area contributed by atoms with E-state index in [9.17, 15) is 0 Å². The Morgan fingerprint density at radius 3 is 2.00 bits per heavy atom. The molecule has 0 aliphatic heterocycles. The van der Waals surface area contributed by atoms with Crippen LogP contribution in [0.2, 0.25) is 0 Å². The van der Waals surface area contributed by atoms with Gasteiger partial charge in [-0.15, -0.1) is 0 Å². The maximum atomic E-state index is 8.40. The van der Waals surface area contributed by atoms with E-state index in [-0.39, 0.29) is 5.41 Å². The van der Waals surface area contributed by atoms with Crippen LogP contribution in [0, 0.1) is 11.3 Å². The Labute approximate surface area is 57.2 Å². The maximum absolute atomic E-state index is 8.40. The van der Waals surface area contributed by atoms with Crippen LogP contribution in [-0.2, 0) is 0 Å². The minimum Gasteiger partial charge on any atom is -0.317 e. The summed E-state index contributed by atoms with van der Waals surface area (Å²) < 4.78 is 0. The average Bonchev–Trinajstić information content (AvgIpc) is 1.65. The molecule has 0 saturated heterocycles. The van der Waals surface area contributed by atoms with Crippen LogP contribution in [0.15, 0.2) is 0 Å². The molecule has 2 nitrogen and oxygen atoms in total. The van der Waals surface area contributed by atoms with Crippen LogP contribution in [0.3, 0.4) is 0 Å². The Balaban J connectivity index is 3.70. The summed E-state index contributed by atoms with van der Waals surface area (Å²) in [6.45, 7) is 9.21. The second-order valence-corrected chi connectivity index (χ2v) is 3.48. The summed E-state index contributed by atoms with van der Waals surface area (Å²) in [6.07, 6.45) is 0. The molecule has 0 fully saturated rings. The summed E-state index contributed by atoms with van der Waals surface area (Å²) in [7, 11) is 0. The summed E-state index contributed by atoms with van der Waals surface area (Å²) in [4.78, 5) is 0. The standard InChI is InChI=1S/C7H17NO/c1-6(2)7(3,4)5-8-9/h6,8-9H,5H2,1-4H3. The van der Waals surface area contributed by atoms with Gasteiger partial charge >= 0.3 is 0 Å². The minimum absolute atomic E-state index is 0.189. The molecule has 56 valence electrons. The van der Waals surface area contributed by atoms with Gasteiger partial charge in [-0.3, -0.25) is 0 Å². The summed E-state index contributed by atoms with van der Waals surface area (Å²) in [5.74, 6) is 0.595. The lowest BCUT2D eigenvalue weighted by molar-refractivity contribution is 0.102. The van der Waals surface area contributed by atoms with Crippen molar-refractivity contribution in [3.63, 3.8) is 0 Å². The van der Waals surface area contributed by atoms with Crippen molar-refractivity contribution < 1.29 is 5.21 Å². The normalized spacial score (nSPS) is 12.7. The lowest BCUT2D eigenvalue weighted by Crippen LogP contribution is -2.31. The molecule has 0 bridgehead atoms. The van der Waals surface area contributed by atoms with Crippen molar-refractivity contribution in [2.75, 3.05) is 6.54 Å². The van der Waals surface area contributed by atoms with Crippen molar-refractivity contribution in [2.24, 2.45) is 11.3 Å². The quantitative estimate of drug-likeness (QED) is 0.571. The Kier molecular flexibility index (Phi) is 3.15. The third-order valence-corrected chi connectivity index (χ3v) is 2.10. The highest BCUT2D eigenvalue weighted by Crippen LogP contribution is 2.24. The van der Waals surface area contributed by atoms with Gasteiger partial charge in [0.2, 0.25) is 0 Å². The third-order valence-electron chi connectivity index (χ3n) is 2.10. The molecule has 2 N–H and O–H groups in total. The van der Waals surface area contributed by atoms with Crippen LogP contribution < -0.4 is 5.48 Å². The molecule has 0 unspecified atom stereocenters. The van der Waals surface area contributed by atoms with Gasteiger partial charge in [-0.1, -0.05) is 27.7 Å². The first kappa shape index (κ1) is 8.92. The first-order valence-electron chi connectivity index (χ1n) is 3.37. The van der Waals surface area contributed by atoms with E-state index >= 15 is 0 Å². The monoisotopic (exact) mass is 131 g/mol. The largest absolute Gasteiger partial charge is 0.317 e. The van der Waals surface area contributed by atoms with Crippen molar-refractivity contribution in [3.8, 4) is 0 Å². The Bertz CT molecular complexity index is 79.0. The average molecular weight is 131 g/mol. The molecule has 0 aromatic rings. The first-order valence-corrected chi connectivity index (χ1v) is 3.37.